The van der Waals surface area contributed by atoms with Crippen LogP contribution in [-0.2, 0) is 0 Å². The molecule has 30 heavy (non-hydrogen) atoms. The summed E-state index contributed by atoms with van der Waals surface area (Å²) in [5, 5.41) is 8.85. The number of urea groups is 1. The van der Waals surface area contributed by atoms with Crippen molar-refractivity contribution in [3.8, 4) is 21.8 Å². The Balaban J connectivity index is 1.50. The summed E-state index contributed by atoms with van der Waals surface area (Å²) < 4.78 is 0. The van der Waals surface area contributed by atoms with Gasteiger partial charge in [0, 0.05) is 33.5 Å². The highest BCUT2D eigenvalue weighted by molar-refractivity contribution is 7.13. The number of nitrogens with two attached hydrogens (primary N) is 1. The number of nitrogen functional groups attached to an aromatic ring is 1. The van der Waals surface area contributed by atoms with Crippen LogP contribution >= 0.6 is 22.9 Å². The molecule has 7 nitrogen and oxygen atoms in total. The Labute approximate surface area is 182 Å². The highest BCUT2D eigenvalue weighted by Gasteiger charge is 2.11. The highest BCUT2D eigenvalue weighted by Crippen LogP contribution is 2.31. The van der Waals surface area contributed by atoms with E-state index >= 15 is 0 Å². The molecule has 4 aromatic rings. The number of benzene rings is 2. The van der Waals surface area contributed by atoms with Crippen LogP contribution in [0.3, 0.4) is 0 Å². The molecule has 0 saturated heterocycles. The van der Waals surface area contributed by atoms with Crippen LogP contribution in [0.25, 0.3) is 21.8 Å². The Hall–Kier alpha value is -3.49. The fourth-order valence-electron chi connectivity index (χ4n) is 2.75. The van der Waals surface area contributed by atoms with Crippen molar-refractivity contribution in [2.24, 2.45) is 0 Å². The molecule has 2 aromatic carbocycles. The minimum atomic E-state index is -0.361. The van der Waals surface area contributed by atoms with Gasteiger partial charge in [0.1, 0.15) is 17.2 Å². The van der Waals surface area contributed by atoms with Gasteiger partial charge in [0.15, 0.2) is 0 Å². The van der Waals surface area contributed by atoms with Crippen molar-refractivity contribution < 1.29 is 4.79 Å². The predicted molar refractivity (Wildman–Crippen MR) is 122 cm³/mol. The van der Waals surface area contributed by atoms with E-state index in [4.69, 9.17) is 17.3 Å². The first-order chi connectivity index (χ1) is 14.5. The molecule has 0 spiro atoms. The SMILES string of the molecule is Cc1ccc(NC(=O)Nc2cccc(-c3csc(-c4cncnc4N)n3)c2)cc1Cl. The lowest BCUT2D eigenvalue weighted by atomic mass is 10.1. The van der Waals surface area contributed by atoms with Crippen LogP contribution in [-0.4, -0.2) is 21.0 Å². The van der Waals surface area contributed by atoms with Gasteiger partial charge in [-0.05, 0) is 36.8 Å². The van der Waals surface area contributed by atoms with Gasteiger partial charge in [-0.2, -0.15) is 0 Å². The van der Waals surface area contributed by atoms with E-state index in [1.165, 1.54) is 17.7 Å². The fourth-order valence-corrected chi connectivity index (χ4v) is 3.78. The van der Waals surface area contributed by atoms with Crippen molar-refractivity contribution in [1.29, 1.82) is 0 Å². The second kappa shape index (κ2) is 8.48. The normalized spacial score (nSPS) is 10.6. The van der Waals surface area contributed by atoms with E-state index in [0.29, 0.717) is 27.8 Å². The highest BCUT2D eigenvalue weighted by atomic mass is 35.5. The number of hydrogen-bond donors (Lipinski definition) is 3. The Bertz CT molecular complexity index is 1230. The Morgan fingerprint density at radius 2 is 1.93 bits per heavy atom. The van der Waals surface area contributed by atoms with Gasteiger partial charge in [-0.25, -0.2) is 19.7 Å². The summed E-state index contributed by atoms with van der Waals surface area (Å²) in [6, 6.07) is 12.4. The molecule has 0 aliphatic carbocycles. The average Bonchev–Trinajstić information content (AvgIpc) is 3.21. The van der Waals surface area contributed by atoms with Gasteiger partial charge in [0.05, 0.1) is 11.3 Å². The lowest BCUT2D eigenvalue weighted by Gasteiger charge is -2.09. The standard InChI is InChI=1S/C21H17ClN6OS/c1-12-5-6-15(8-17(12)22)27-21(29)26-14-4-2-3-13(7-14)18-10-30-20(28-18)16-9-24-11-25-19(16)23/h2-11H,1H3,(H2,23,24,25)(H2,26,27,29). The fraction of sp³-hybridized carbons (Fsp3) is 0.0476. The predicted octanol–water partition coefficient (Wildman–Crippen LogP) is 5.46. The van der Waals surface area contributed by atoms with Gasteiger partial charge in [0.2, 0.25) is 0 Å². The van der Waals surface area contributed by atoms with Crippen molar-refractivity contribution in [2.45, 2.75) is 6.92 Å². The van der Waals surface area contributed by atoms with E-state index in [1.807, 2.05) is 42.6 Å². The van der Waals surface area contributed by atoms with Crippen LogP contribution in [0.1, 0.15) is 5.56 Å². The largest absolute Gasteiger partial charge is 0.383 e. The molecule has 4 rings (SSSR count). The van der Waals surface area contributed by atoms with Gasteiger partial charge in [-0.3, -0.25) is 0 Å². The number of hydrogen-bond acceptors (Lipinski definition) is 6. The Morgan fingerprint density at radius 3 is 2.70 bits per heavy atom. The number of amides is 2. The summed E-state index contributed by atoms with van der Waals surface area (Å²) in [4.78, 5) is 25.0. The maximum atomic E-state index is 12.3. The smallest absolute Gasteiger partial charge is 0.323 e. The van der Waals surface area contributed by atoms with E-state index in [9.17, 15) is 4.79 Å². The number of aryl methyl sites for hydroxylation is 1. The van der Waals surface area contributed by atoms with Gasteiger partial charge in [0.25, 0.3) is 0 Å². The molecule has 2 amide bonds. The summed E-state index contributed by atoms with van der Waals surface area (Å²) in [6.45, 7) is 1.90. The summed E-state index contributed by atoms with van der Waals surface area (Å²) in [7, 11) is 0. The maximum absolute atomic E-state index is 12.3. The molecule has 4 N–H and O–H groups in total. The minimum absolute atomic E-state index is 0.361. The average molecular weight is 437 g/mol. The zero-order valence-electron chi connectivity index (χ0n) is 15.9. The molecule has 0 radical (unpaired) electrons. The van der Waals surface area contributed by atoms with Crippen molar-refractivity contribution in [1.82, 2.24) is 15.0 Å². The lowest BCUT2D eigenvalue weighted by molar-refractivity contribution is 0.262. The molecule has 2 aromatic heterocycles. The number of carbonyl (C=O) groups excluding carboxylic acids is 1. The zero-order valence-corrected chi connectivity index (χ0v) is 17.5. The number of aromatic nitrogens is 3. The molecule has 0 aliphatic heterocycles. The molecule has 0 atom stereocenters. The summed E-state index contributed by atoms with van der Waals surface area (Å²) in [5.41, 5.74) is 10.4. The monoisotopic (exact) mass is 436 g/mol. The quantitative estimate of drug-likeness (QED) is 0.394. The van der Waals surface area contributed by atoms with Crippen LogP contribution < -0.4 is 16.4 Å². The number of anilines is 3. The number of rotatable bonds is 4. The van der Waals surface area contributed by atoms with Crippen molar-refractivity contribution in [3.63, 3.8) is 0 Å². The number of carbonyl (C=O) groups is 1. The zero-order chi connectivity index (χ0) is 21.1. The van der Waals surface area contributed by atoms with Crippen LogP contribution in [0.5, 0.6) is 0 Å². The van der Waals surface area contributed by atoms with Crippen LogP contribution in [0, 0.1) is 6.92 Å². The molecular weight excluding hydrogens is 420 g/mol. The molecule has 0 aliphatic rings. The van der Waals surface area contributed by atoms with E-state index in [0.717, 1.165) is 21.8 Å². The Kier molecular flexibility index (Phi) is 5.60. The third-order valence-electron chi connectivity index (χ3n) is 4.32. The van der Waals surface area contributed by atoms with Gasteiger partial charge >= 0.3 is 6.03 Å². The number of nitrogens with zero attached hydrogens (tertiary/aromatic N) is 3. The summed E-state index contributed by atoms with van der Waals surface area (Å²) >= 11 is 7.56. The second-order valence-electron chi connectivity index (χ2n) is 6.48. The third kappa shape index (κ3) is 4.40. The Morgan fingerprint density at radius 1 is 1.13 bits per heavy atom. The molecule has 9 heteroatoms. The van der Waals surface area contributed by atoms with Crippen molar-refractivity contribution in [2.75, 3.05) is 16.4 Å². The summed E-state index contributed by atoms with van der Waals surface area (Å²) in [6.07, 6.45) is 3.04. The minimum Gasteiger partial charge on any atom is -0.383 e. The molecule has 0 saturated carbocycles. The number of nitrogens with one attached hydrogen (secondary N) is 2. The number of thiazole rings is 1. The molecule has 150 valence electrons. The number of halogens is 1. The van der Waals surface area contributed by atoms with Crippen LogP contribution in [0.4, 0.5) is 22.0 Å². The first kappa shape index (κ1) is 19.8. The third-order valence-corrected chi connectivity index (χ3v) is 5.61. The lowest BCUT2D eigenvalue weighted by Crippen LogP contribution is -2.19. The first-order valence-electron chi connectivity index (χ1n) is 8.95. The molecular formula is C21H17ClN6OS. The van der Waals surface area contributed by atoms with E-state index in [2.05, 4.69) is 25.6 Å². The van der Waals surface area contributed by atoms with Gasteiger partial charge in [-0.15, -0.1) is 11.3 Å². The van der Waals surface area contributed by atoms with Crippen LogP contribution in [0.2, 0.25) is 5.02 Å². The first-order valence-corrected chi connectivity index (χ1v) is 10.2. The maximum Gasteiger partial charge on any atom is 0.323 e. The molecule has 0 bridgehead atoms. The van der Waals surface area contributed by atoms with Gasteiger partial charge in [-0.1, -0.05) is 29.8 Å². The van der Waals surface area contributed by atoms with E-state index in [-0.39, 0.29) is 6.03 Å². The van der Waals surface area contributed by atoms with E-state index in [1.54, 1.807) is 18.3 Å². The second-order valence-corrected chi connectivity index (χ2v) is 7.75. The molecule has 0 fully saturated rings. The van der Waals surface area contributed by atoms with Crippen molar-refractivity contribution in [3.05, 3.63) is 71.0 Å². The van der Waals surface area contributed by atoms with Gasteiger partial charge < -0.3 is 16.4 Å². The summed E-state index contributed by atoms with van der Waals surface area (Å²) in [5.74, 6) is 0.384. The van der Waals surface area contributed by atoms with Crippen LogP contribution in [0.15, 0.2) is 60.4 Å². The topological polar surface area (TPSA) is 106 Å². The molecule has 2 heterocycles. The van der Waals surface area contributed by atoms with E-state index < -0.39 is 0 Å². The van der Waals surface area contributed by atoms with Crippen molar-refractivity contribution >= 4 is 46.2 Å². The molecule has 0 unspecified atom stereocenters.